The predicted octanol–water partition coefficient (Wildman–Crippen LogP) is 3.86. The zero-order valence-corrected chi connectivity index (χ0v) is 12.7. The molecule has 1 aliphatic carbocycles. The second-order valence-corrected chi connectivity index (χ2v) is 6.37. The molecule has 0 spiro atoms. The third-order valence-corrected chi connectivity index (χ3v) is 5.34. The van der Waals surface area contributed by atoms with Crippen LogP contribution < -0.4 is 5.73 Å². The molecule has 0 unspecified atom stereocenters. The van der Waals surface area contributed by atoms with Crippen molar-refractivity contribution in [1.82, 2.24) is 0 Å². The topological polar surface area (TPSA) is 46.2 Å². The highest BCUT2D eigenvalue weighted by Crippen LogP contribution is 2.50. The largest absolute Gasteiger partial charge is 0.389 e. The number of nitrogens with two attached hydrogens (primary N) is 1. The summed E-state index contributed by atoms with van der Waals surface area (Å²) < 4.78 is 0. The Morgan fingerprint density at radius 3 is 1.94 bits per heavy atom. The van der Waals surface area contributed by atoms with E-state index in [2.05, 4.69) is 20.8 Å². The van der Waals surface area contributed by atoms with Crippen molar-refractivity contribution in [2.75, 3.05) is 6.54 Å². The van der Waals surface area contributed by atoms with E-state index in [0.29, 0.717) is 6.54 Å². The van der Waals surface area contributed by atoms with E-state index in [1.165, 1.54) is 19.3 Å². The molecule has 3 N–H and O–H groups in total. The highest BCUT2D eigenvalue weighted by atomic mass is 16.3. The summed E-state index contributed by atoms with van der Waals surface area (Å²) in [4.78, 5) is 0. The number of hydrogen-bond acceptors (Lipinski definition) is 2. The molecule has 0 aromatic heterocycles. The first-order chi connectivity index (χ1) is 8.57. The molecule has 2 heteroatoms. The molecule has 1 fully saturated rings. The summed E-state index contributed by atoms with van der Waals surface area (Å²) in [5.41, 5.74) is 5.58. The Labute approximate surface area is 113 Å². The van der Waals surface area contributed by atoms with Gasteiger partial charge in [-0.1, -0.05) is 40.0 Å². The molecule has 0 radical (unpaired) electrons. The van der Waals surface area contributed by atoms with Crippen LogP contribution in [0, 0.1) is 11.3 Å². The second-order valence-electron chi connectivity index (χ2n) is 6.37. The maximum Gasteiger partial charge on any atom is 0.0715 e. The lowest BCUT2D eigenvalue weighted by Gasteiger charge is -2.51. The van der Waals surface area contributed by atoms with E-state index >= 15 is 0 Å². The molecule has 0 bridgehead atoms. The summed E-state index contributed by atoms with van der Waals surface area (Å²) in [5, 5.41) is 11.2. The van der Waals surface area contributed by atoms with Crippen LogP contribution in [0.25, 0.3) is 0 Å². The second kappa shape index (κ2) is 6.91. The van der Waals surface area contributed by atoms with Gasteiger partial charge in [-0.25, -0.2) is 0 Å². The Morgan fingerprint density at radius 2 is 1.61 bits per heavy atom. The molecule has 0 saturated heterocycles. The van der Waals surface area contributed by atoms with Gasteiger partial charge in [0.15, 0.2) is 0 Å². The molecule has 1 saturated carbocycles. The van der Waals surface area contributed by atoms with Gasteiger partial charge in [0.25, 0.3) is 0 Å². The molecule has 0 atom stereocenters. The van der Waals surface area contributed by atoms with Gasteiger partial charge in [-0.3, -0.25) is 0 Å². The lowest BCUT2D eigenvalue weighted by molar-refractivity contribution is -0.116. The molecule has 0 amide bonds. The van der Waals surface area contributed by atoms with E-state index in [1.54, 1.807) is 0 Å². The first-order valence-corrected chi connectivity index (χ1v) is 8.00. The van der Waals surface area contributed by atoms with Crippen LogP contribution in [-0.2, 0) is 0 Å². The molecular weight excluding hydrogens is 222 g/mol. The van der Waals surface area contributed by atoms with Crippen LogP contribution in [0.15, 0.2) is 0 Å². The van der Waals surface area contributed by atoms with Crippen LogP contribution in [0.3, 0.4) is 0 Å². The van der Waals surface area contributed by atoms with Crippen molar-refractivity contribution >= 4 is 0 Å². The maximum absolute atomic E-state index is 11.2. The van der Waals surface area contributed by atoms with E-state index < -0.39 is 5.60 Å². The SMILES string of the molecule is CCCC(O)(CCC)C1(CN)CCC(CC)CC1. The predicted molar refractivity (Wildman–Crippen MR) is 78.5 cm³/mol. The lowest BCUT2D eigenvalue weighted by Crippen LogP contribution is -2.54. The fraction of sp³-hybridized carbons (Fsp3) is 1.00. The van der Waals surface area contributed by atoms with Gasteiger partial charge in [-0.05, 0) is 44.4 Å². The van der Waals surface area contributed by atoms with Gasteiger partial charge in [0, 0.05) is 12.0 Å². The first kappa shape index (κ1) is 16.0. The van der Waals surface area contributed by atoms with Crippen LogP contribution in [-0.4, -0.2) is 17.3 Å². The quantitative estimate of drug-likeness (QED) is 0.725. The number of aliphatic hydroxyl groups is 1. The summed E-state index contributed by atoms with van der Waals surface area (Å²) in [7, 11) is 0. The summed E-state index contributed by atoms with van der Waals surface area (Å²) >= 11 is 0. The molecule has 1 aliphatic rings. The van der Waals surface area contributed by atoms with Crippen molar-refractivity contribution in [2.45, 2.75) is 84.2 Å². The standard InChI is InChI=1S/C16H33NO/c1-4-9-16(18,10-5-2)15(13-17)11-7-14(6-3)8-12-15/h14,18H,4-13,17H2,1-3H3. The van der Waals surface area contributed by atoms with Gasteiger partial charge in [0.2, 0.25) is 0 Å². The average Bonchev–Trinajstić information content (AvgIpc) is 2.39. The van der Waals surface area contributed by atoms with Crippen molar-refractivity contribution in [3.63, 3.8) is 0 Å². The molecule has 0 aromatic rings. The van der Waals surface area contributed by atoms with Gasteiger partial charge in [-0.2, -0.15) is 0 Å². The fourth-order valence-corrected chi connectivity index (χ4v) is 3.98. The summed E-state index contributed by atoms with van der Waals surface area (Å²) in [6.45, 7) is 7.27. The van der Waals surface area contributed by atoms with Crippen LogP contribution in [0.2, 0.25) is 0 Å². The normalized spacial score (nSPS) is 29.5. The van der Waals surface area contributed by atoms with Crippen LogP contribution in [0.1, 0.15) is 78.6 Å². The maximum atomic E-state index is 11.2. The zero-order valence-electron chi connectivity index (χ0n) is 12.7. The van der Waals surface area contributed by atoms with E-state index in [4.69, 9.17) is 5.73 Å². The highest BCUT2D eigenvalue weighted by molar-refractivity contribution is 5.01. The highest BCUT2D eigenvalue weighted by Gasteiger charge is 2.49. The Bertz CT molecular complexity index is 225. The van der Waals surface area contributed by atoms with Gasteiger partial charge < -0.3 is 10.8 Å². The summed E-state index contributed by atoms with van der Waals surface area (Å²) in [5.74, 6) is 0.858. The lowest BCUT2D eigenvalue weighted by atomic mass is 9.58. The summed E-state index contributed by atoms with van der Waals surface area (Å²) in [6.07, 6.45) is 9.96. The Hall–Kier alpha value is -0.0800. The molecule has 0 aliphatic heterocycles. The van der Waals surface area contributed by atoms with Crippen LogP contribution in [0.5, 0.6) is 0 Å². The number of rotatable bonds is 7. The molecular formula is C16H33NO. The smallest absolute Gasteiger partial charge is 0.0715 e. The van der Waals surface area contributed by atoms with Gasteiger partial charge in [0.05, 0.1) is 5.60 Å². The fourth-order valence-electron chi connectivity index (χ4n) is 3.98. The monoisotopic (exact) mass is 255 g/mol. The first-order valence-electron chi connectivity index (χ1n) is 8.00. The Balaban J connectivity index is 2.84. The summed E-state index contributed by atoms with van der Waals surface area (Å²) in [6, 6.07) is 0. The number of hydrogen-bond donors (Lipinski definition) is 2. The molecule has 1 rings (SSSR count). The van der Waals surface area contributed by atoms with Gasteiger partial charge in [0.1, 0.15) is 0 Å². The molecule has 108 valence electrons. The van der Waals surface area contributed by atoms with Gasteiger partial charge in [-0.15, -0.1) is 0 Å². The van der Waals surface area contributed by atoms with Crippen molar-refractivity contribution in [3.05, 3.63) is 0 Å². The van der Waals surface area contributed by atoms with E-state index in [0.717, 1.165) is 44.4 Å². The van der Waals surface area contributed by atoms with Gasteiger partial charge >= 0.3 is 0 Å². The van der Waals surface area contributed by atoms with Crippen molar-refractivity contribution in [3.8, 4) is 0 Å². The molecule has 2 nitrogen and oxygen atoms in total. The van der Waals surface area contributed by atoms with E-state index in [9.17, 15) is 5.11 Å². The third-order valence-electron chi connectivity index (χ3n) is 5.34. The van der Waals surface area contributed by atoms with Crippen LogP contribution >= 0.6 is 0 Å². The van der Waals surface area contributed by atoms with E-state index in [1.807, 2.05) is 0 Å². The Morgan fingerprint density at radius 1 is 1.11 bits per heavy atom. The Kier molecular flexibility index (Phi) is 6.13. The molecule has 0 aromatic carbocycles. The van der Waals surface area contributed by atoms with Crippen molar-refractivity contribution in [1.29, 1.82) is 0 Å². The van der Waals surface area contributed by atoms with Crippen molar-refractivity contribution < 1.29 is 5.11 Å². The van der Waals surface area contributed by atoms with Crippen LogP contribution in [0.4, 0.5) is 0 Å². The zero-order chi connectivity index (χ0) is 13.6. The minimum absolute atomic E-state index is 0.00924. The van der Waals surface area contributed by atoms with Crippen molar-refractivity contribution in [2.24, 2.45) is 17.1 Å². The molecule has 0 heterocycles. The minimum atomic E-state index is -0.524. The average molecular weight is 255 g/mol. The molecule has 18 heavy (non-hydrogen) atoms. The minimum Gasteiger partial charge on any atom is -0.389 e. The third kappa shape index (κ3) is 3.08. The van der Waals surface area contributed by atoms with E-state index in [-0.39, 0.29) is 5.41 Å².